The van der Waals surface area contributed by atoms with Crippen molar-refractivity contribution in [2.75, 3.05) is 39.8 Å². The van der Waals surface area contributed by atoms with Crippen LogP contribution in [0.15, 0.2) is 29.3 Å². The minimum absolute atomic E-state index is 0. The van der Waals surface area contributed by atoms with E-state index in [0.717, 1.165) is 12.5 Å². The van der Waals surface area contributed by atoms with Crippen molar-refractivity contribution >= 4 is 35.8 Å². The Hall–Kier alpha value is -1.58. The molecule has 1 rings (SSSR count). The summed E-state index contributed by atoms with van der Waals surface area (Å²) in [5, 5.41) is 6.10. The topological polar surface area (TPSA) is 66.0 Å². The van der Waals surface area contributed by atoms with Gasteiger partial charge in [0, 0.05) is 25.6 Å². The molecule has 2 N–H and O–H groups in total. The lowest BCUT2D eigenvalue weighted by Crippen LogP contribution is -2.41. The molecule has 1 aromatic rings. The number of benzene rings is 1. The standard InChI is InChI=1S/C19H31FN4O2.HI/c1-6-21-18(23-12-11-22-17(25)19(2,3)4)24(5)13-14-26-16-9-7-15(20)8-10-16;/h7-10H,6,11-14H2,1-5H3,(H,21,23)(H,22,25);1H. The molecule has 0 aromatic heterocycles. The van der Waals surface area contributed by atoms with E-state index in [-0.39, 0.29) is 35.7 Å². The predicted octanol–water partition coefficient (Wildman–Crippen LogP) is 2.88. The van der Waals surface area contributed by atoms with Gasteiger partial charge in [0.25, 0.3) is 0 Å². The van der Waals surface area contributed by atoms with Crippen LogP contribution in [-0.2, 0) is 4.79 Å². The van der Waals surface area contributed by atoms with Gasteiger partial charge in [-0.25, -0.2) is 4.39 Å². The predicted molar refractivity (Wildman–Crippen MR) is 118 cm³/mol. The van der Waals surface area contributed by atoms with Crippen molar-refractivity contribution in [3.05, 3.63) is 30.1 Å². The maximum Gasteiger partial charge on any atom is 0.225 e. The van der Waals surface area contributed by atoms with Gasteiger partial charge in [0.1, 0.15) is 18.2 Å². The van der Waals surface area contributed by atoms with Crippen molar-refractivity contribution in [3.8, 4) is 5.75 Å². The third-order valence-electron chi connectivity index (χ3n) is 3.55. The first-order valence-electron chi connectivity index (χ1n) is 8.90. The van der Waals surface area contributed by atoms with Gasteiger partial charge in [0.05, 0.1) is 13.1 Å². The van der Waals surface area contributed by atoms with Crippen LogP contribution in [0.2, 0.25) is 0 Å². The summed E-state index contributed by atoms with van der Waals surface area (Å²) in [7, 11) is 1.92. The highest BCUT2D eigenvalue weighted by Gasteiger charge is 2.20. The van der Waals surface area contributed by atoms with Gasteiger partial charge in [-0.2, -0.15) is 0 Å². The number of guanidine groups is 1. The van der Waals surface area contributed by atoms with E-state index in [0.29, 0.717) is 32.0 Å². The number of hydrogen-bond donors (Lipinski definition) is 2. The highest BCUT2D eigenvalue weighted by atomic mass is 127. The Labute approximate surface area is 179 Å². The first-order valence-corrected chi connectivity index (χ1v) is 8.90. The number of aliphatic imine (C=N–C) groups is 1. The third-order valence-corrected chi connectivity index (χ3v) is 3.55. The van der Waals surface area contributed by atoms with E-state index in [2.05, 4.69) is 15.6 Å². The second-order valence-electron chi connectivity index (χ2n) is 6.97. The van der Waals surface area contributed by atoms with E-state index in [1.807, 2.05) is 39.6 Å². The average Bonchev–Trinajstić information content (AvgIpc) is 2.58. The molecule has 0 saturated heterocycles. The summed E-state index contributed by atoms with van der Waals surface area (Å²) in [6.07, 6.45) is 0. The molecule has 0 spiro atoms. The van der Waals surface area contributed by atoms with Crippen LogP contribution in [0.5, 0.6) is 5.75 Å². The molecule has 27 heavy (non-hydrogen) atoms. The van der Waals surface area contributed by atoms with Crippen LogP contribution in [0, 0.1) is 11.2 Å². The van der Waals surface area contributed by atoms with E-state index >= 15 is 0 Å². The molecule has 0 radical (unpaired) electrons. The fraction of sp³-hybridized carbons (Fsp3) is 0.579. The molecule has 1 aromatic carbocycles. The lowest BCUT2D eigenvalue weighted by atomic mass is 9.96. The number of likely N-dealkylation sites (N-methyl/N-ethyl adjacent to an activating group) is 1. The molecule has 0 aliphatic carbocycles. The zero-order valence-electron chi connectivity index (χ0n) is 16.8. The zero-order valence-corrected chi connectivity index (χ0v) is 19.2. The lowest BCUT2D eigenvalue weighted by molar-refractivity contribution is -0.128. The zero-order chi connectivity index (χ0) is 19.6. The third kappa shape index (κ3) is 10.4. The molecular weight excluding hydrogens is 462 g/mol. The monoisotopic (exact) mass is 494 g/mol. The van der Waals surface area contributed by atoms with Crippen LogP contribution in [0.1, 0.15) is 27.7 Å². The number of nitrogens with zero attached hydrogens (tertiary/aromatic N) is 2. The molecule has 0 aliphatic rings. The number of carbonyl (C=O) groups excluding carboxylic acids is 1. The number of nitrogens with one attached hydrogen (secondary N) is 2. The molecule has 0 fully saturated rings. The van der Waals surface area contributed by atoms with Crippen molar-refractivity contribution < 1.29 is 13.9 Å². The van der Waals surface area contributed by atoms with E-state index < -0.39 is 5.41 Å². The first kappa shape index (κ1) is 25.4. The minimum atomic E-state index is -0.400. The Morgan fingerprint density at radius 2 is 1.85 bits per heavy atom. The smallest absolute Gasteiger partial charge is 0.225 e. The molecule has 8 heteroatoms. The molecule has 0 heterocycles. The number of halogens is 2. The van der Waals surface area contributed by atoms with E-state index in [4.69, 9.17) is 4.74 Å². The van der Waals surface area contributed by atoms with Crippen molar-refractivity contribution in [2.24, 2.45) is 10.4 Å². The summed E-state index contributed by atoms with van der Waals surface area (Å²) in [5.41, 5.74) is -0.400. The molecule has 0 unspecified atom stereocenters. The maximum atomic E-state index is 12.9. The second kappa shape index (κ2) is 12.7. The molecule has 0 atom stereocenters. The molecule has 0 aliphatic heterocycles. The van der Waals surface area contributed by atoms with Gasteiger partial charge in [-0.3, -0.25) is 9.79 Å². The highest BCUT2D eigenvalue weighted by molar-refractivity contribution is 14.0. The average molecular weight is 494 g/mol. The summed E-state index contributed by atoms with van der Waals surface area (Å²) in [4.78, 5) is 18.3. The summed E-state index contributed by atoms with van der Waals surface area (Å²) in [6, 6.07) is 5.95. The first-order chi connectivity index (χ1) is 12.2. The van der Waals surface area contributed by atoms with Gasteiger partial charge in [0.15, 0.2) is 5.96 Å². The van der Waals surface area contributed by atoms with Crippen LogP contribution in [-0.4, -0.2) is 56.6 Å². The molecule has 154 valence electrons. The summed E-state index contributed by atoms with van der Waals surface area (Å²) < 4.78 is 18.5. The largest absolute Gasteiger partial charge is 0.492 e. The number of carbonyl (C=O) groups is 1. The van der Waals surface area contributed by atoms with Crippen molar-refractivity contribution in [3.63, 3.8) is 0 Å². The summed E-state index contributed by atoms with van der Waals surface area (Å²) in [6.45, 7) is 10.4. The molecule has 6 nitrogen and oxygen atoms in total. The van der Waals surface area contributed by atoms with E-state index in [9.17, 15) is 9.18 Å². The van der Waals surface area contributed by atoms with Gasteiger partial charge in [-0.1, -0.05) is 20.8 Å². The number of hydrogen-bond acceptors (Lipinski definition) is 3. The Balaban J connectivity index is 0.00000676. The SMILES string of the molecule is CCNC(=NCCNC(=O)C(C)(C)C)N(C)CCOc1ccc(F)cc1.I. The fourth-order valence-corrected chi connectivity index (χ4v) is 2.00. The quantitative estimate of drug-likeness (QED) is 0.253. The van der Waals surface area contributed by atoms with Crippen LogP contribution in [0.3, 0.4) is 0 Å². The highest BCUT2D eigenvalue weighted by Crippen LogP contribution is 2.12. The van der Waals surface area contributed by atoms with Crippen molar-refractivity contribution in [2.45, 2.75) is 27.7 Å². The van der Waals surface area contributed by atoms with E-state index in [1.165, 1.54) is 12.1 Å². The molecule has 0 saturated carbocycles. The maximum absolute atomic E-state index is 12.9. The lowest BCUT2D eigenvalue weighted by Gasteiger charge is -2.22. The van der Waals surface area contributed by atoms with Gasteiger partial charge in [-0.15, -0.1) is 24.0 Å². The Morgan fingerprint density at radius 3 is 2.41 bits per heavy atom. The van der Waals surface area contributed by atoms with Crippen molar-refractivity contribution in [1.82, 2.24) is 15.5 Å². The van der Waals surface area contributed by atoms with Gasteiger partial charge >= 0.3 is 0 Å². The normalized spacial score (nSPS) is 11.4. The molecular formula is C19H32FIN4O2. The minimum Gasteiger partial charge on any atom is -0.492 e. The number of rotatable bonds is 8. The van der Waals surface area contributed by atoms with Crippen LogP contribution >= 0.6 is 24.0 Å². The van der Waals surface area contributed by atoms with E-state index in [1.54, 1.807) is 12.1 Å². The number of amides is 1. The fourth-order valence-electron chi connectivity index (χ4n) is 2.00. The molecule has 1 amide bonds. The summed E-state index contributed by atoms with van der Waals surface area (Å²) >= 11 is 0. The Kier molecular flexibility index (Phi) is 12.0. The Morgan fingerprint density at radius 1 is 1.22 bits per heavy atom. The van der Waals surface area contributed by atoms with Crippen LogP contribution < -0.4 is 15.4 Å². The van der Waals surface area contributed by atoms with Crippen LogP contribution in [0.25, 0.3) is 0 Å². The van der Waals surface area contributed by atoms with Crippen LogP contribution in [0.4, 0.5) is 4.39 Å². The molecule has 0 bridgehead atoms. The summed E-state index contributed by atoms with van der Waals surface area (Å²) in [5.74, 6) is 1.11. The Bertz CT molecular complexity index is 588. The van der Waals surface area contributed by atoms with Gasteiger partial charge in [0.2, 0.25) is 5.91 Å². The van der Waals surface area contributed by atoms with Gasteiger partial charge in [-0.05, 0) is 31.2 Å². The second-order valence-corrected chi connectivity index (χ2v) is 6.97. The number of ether oxygens (including phenoxy) is 1. The van der Waals surface area contributed by atoms with Crippen molar-refractivity contribution in [1.29, 1.82) is 0 Å². The van der Waals surface area contributed by atoms with Gasteiger partial charge < -0.3 is 20.3 Å².